The molecule has 1 heterocycles. The molecule has 0 fully saturated rings. The van der Waals surface area contributed by atoms with Crippen molar-refractivity contribution in [3.05, 3.63) is 52.2 Å². The minimum absolute atomic E-state index is 0.376. The summed E-state index contributed by atoms with van der Waals surface area (Å²) < 4.78 is 0. The van der Waals surface area contributed by atoms with Gasteiger partial charge in [0.2, 0.25) is 0 Å². The van der Waals surface area contributed by atoms with Crippen molar-refractivity contribution in [1.82, 2.24) is 0 Å². The van der Waals surface area contributed by atoms with Crippen molar-refractivity contribution in [2.45, 2.75) is 17.1 Å². The molecule has 0 aliphatic carbocycles. The highest BCUT2D eigenvalue weighted by Gasteiger charge is 2.13. The zero-order chi connectivity index (χ0) is 11.4. The van der Waals surface area contributed by atoms with Gasteiger partial charge in [-0.05, 0) is 30.0 Å². The van der Waals surface area contributed by atoms with E-state index in [2.05, 4.69) is 48.7 Å². The molecule has 0 spiro atoms. The van der Waals surface area contributed by atoms with Crippen molar-refractivity contribution in [2.24, 2.45) is 5.73 Å². The van der Waals surface area contributed by atoms with Crippen LogP contribution in [0.2, 0.25) is 0 Å². The number of benzene rings is 1. The molecule has 0 aliphatic rings. The third kappa shape index (κ3) is 2.67. The molecule has 0 aliphatic heterocycles. The van der Waals surface area contributed by atoms with Gasteiger partial charge in [-0.1, -0.05) is 24.3 Å². The van der Waals surface area contributed by atoms with Crippen LogP contribution in [0.15, 0.2) is 46.7 Å². The maximum Gasteiger partial charge on any atom is 0.0560 e. The van der Waals surface area contributed by atoms with Gasteiger partial charge in [-0.15, -0.1) is 23.1 Å². The highest BCUT2D eigenvalue weighted by molar-refractivity contribution is 7.99. The molecule has 0 bridgehead atoms. The van der Waals surface area contributed by atoms with Gasteiger partial charge in [0.15, 0.2) is 0 Å². The Bertz CT molecular complexity index is 437. The van der Waals surface area contributed by atoms with Gasteiger partial charge in [0.05, 0.1) is 5.25 Å². The molecule has 0 saturated heterocycles. The molecule has 16 heavy (non-hydrogen) atoms. The Morgan fingerprint density at radius 1 is 1.25 bits per heavy atom. The molecule has 2 rings (SSSR count). The quantitative estimate of drug-likeness (QED) is 0.833. The second-order valence-corrected chi connectivity index (χ2v) is 5.85. The number of hydrogen-bond donors (Lipinski definition) is 1. The summed E-state index contributed by atoms with van der Waals surface area (Å²) in [6.45, 7) is 2.82. The van der Waals surface area contributed by atoms with Crippen LogP contribution in [-0.2, 0) is 0 Å². The van der Waals surface area contributed by atoms with E-state index in [0.717, 1.165) is 0 Å². The standard InChI is InChI=1S/C13H15NS2/c1-10-5-2-3-6-11(10)16-13(9-14)12-7-4-8-15-12/h2-8,13H,9,14H2,1H3. The first-order valence-corrected chi connectivity index (χ1v) is 7.03. The highest BCUT2D eigenvalue weighted by Crippen LogP contribution is 2.37. The summed E-state index contributed by atoms with van der Waals surface area (Å²) >= 11 is 3.64. The lowest BCUT2D eigenvalue weighted by Gasteiger charge is -2.14. The summed E-state index contributed by atoms with van der Waals surface area (Å²) in [5, 5.41) is 2.48. The normalized spacial score (nSPS) is 12.6. The minimum Gasteiger partial charge on any atom is -0.329 e. The summed E-state index contributed by atoms with van der Waals surface area (Å²) in [4.78, 5) is 2.68. The van der Waals surface area contributed by atoms with Crippen LogP contribution in [0.3, 0.4) is 0 Å². The van der Waals surface area contributed by atoms with Gasteiger partial charge in [-0.2, -0.15) is 0 Å². The minimum atomic E-state index is 0.376. The van der Waals surface area contributed by atoms with Crippen LogP contribution in [0.1, 0.15) is 15.7 Å². The van der Waals surface area contributed by atoms with Gasteiger partial charge in [0, 0.05) is 16.3 Å². The van der Waals surface area contributed by atoms with E-state index >= 15 is 0 Å². The van der Waals surface area contributed by atoms with Crippen molar-refractivity contribution in [2.75, 3.05) is 6.54 Å². The van der Waals surface area contributed by atoms with E-state index in [9.17, 15) is 0 Å². The molecule has 1 aromatic heterocycles. The molecular formula is C13H15NS2. The van der Waals surface area contributed by atoms with Crippen LogP contribution in [0.4, 0.5) is 0 Å². The predicted molar refractivity (Wildman–Crippen MR) is 73.2 cm³/mol. The Labute approximate surface area is 105 Å². The van der Waals surface area contributed by atoms with Crippen LogP contribution in [0, 0.1) is 6.92 Å². The summed E-state index contributed by atoms with van der Waals surface area (Å²) in [5.74, 6) is 0. The SMILES string of the molecule is Cc1ccccc1SC(CN)c1cccs1. The molecule has 2 aromatic rings. The molecule has 1 atom stereocenters. The first-order valence-electron chi connectivity index (χ1n) is 5.27. The van der Waals surface area contributed by atoms with Gasteiger partial charge in [0.25, 0.3) is 0 Å². The second-order valence-electron chi connectivity index (χ2n) is 3.62. The highest BCUT2D eigenvalue weighted by atomic mass is 32.2. The predicted octanol–water partition coefficient (Wildman–Crippen LogP) is 3.85. The third-order valence-corrected chi connectivity index (χ3v) is 5.02. The molecule has 0 saturated carbocycles. The van der Waals surface area contributed by atoms with Crippen LogP contribution < -0.4 is 5.73 Å². The summed E-state index contributed by atoms with van der Waals surface area (Å²) in [6.07, 6.45) is 0. The average molecular weight is 249 g/mol. The summed E-state index contributed by atoms with van der Waals surface area (Å²) in [7, 11) is 0. The monoisotopic (exact) mass is 249 g/mol. The average Bonchev–Trinajstić information content (AvgIpc) is 2.81. The first-order chi connectivity index (χ1) is 7.81. The maximum atomic E-state index is 5.85. The Kier molecular flexibility index (Phi) is 4.04. The van der Waals surface area contributed by atoms with Gasteiger partial charge in [-0.3, -0.25) is 0 Å². The number of aryl methyl sites for hydroxylation is 1. The molecular weight excluding hydrogens is 234 g/mol. The largest absolute Gasteiger partial charge is 0.329 e. The van der Waals surface area contributed by atoms with E-state index in [-0.39, 0.29) is 0 Å². The molecule has 1 nitrogen and oxygen atoms in total. The summed E-state index contributed by atoms with van der Waals surface area (Å²) in [5.41, 5.74) is 7.17. The van der Waals surface area contributed by atoms with Crippen molar-refractivity contribution in [3.63, 3.8) is 0 Å². The van der Waals surface area contributed by atoms with Crippen LogP contribution in [0.5, 0.6) is 0 Å². The fraction of sp³-hybridized carbons (Fsp3) is 0.231. The number of hydrogen-bond acceptors (Lipinski definition) is 3. The Balaban J connectivity index is 2.17. The lowest BCUT2D eigenvalue weighted by molar-refractivity contribution is 0.959. The van der Waals surface area contributed by atoms with Gasteiger partial charge in [0.1, 0.15) is 0 Å². The fourth-order valence-corrected chi connectivity index (χ4v) is 3.58. The first kappa shape index (κ1) is 11.7. The zero-order valence-electron chi connectivity index (χ0n) is 9.22. The Hall–Kier alpha value is -0.770. The van der Waals surface area contributed by atoms with Crippen LogP contribution in [-0.4, -0.2) is 6.54 Å². The Morgan fingerprint density at radius 3 is 2.69 bits per heavy atom. The van der Waals surface area contributed by atoms with Gasteiger partial charge >= 0.3 is 0 Å². The molecule has 1 unspecified atom stereocenters. The molecule has 0 radical (unpaired) electrons. The number of rotatable bonds is 4. The zero-order valence-corrected chi connectivity index (χ0v) is 10.9. The van der Waals surface area contributed by atoms with Crippen LogP contribution >= 0.6 is 23.1 Å². The number of thiophene rings is 1. The van der Waals surface area contributed by atoms with E-state index in [1.165, 1.54) is 15.3 Å². The number of nitrogens with two attached hydrogens (primary N) is 1. The molecule has 0 amide bonds. The van der Waals surface area contributed by atoms with Crippen molar-refractivity contribution in [1.29, 1.82) is 0 Å². The topological polar surface area (TPSA) is 26.0 Å². The lowest BCUT2D eigenvalue weighted by atomic mass is 10.2. The molecule has 2 N–H and O–H groups in total. The second kappa shape index (κ2) is 5.53. The molecule has 84 valence electrons. The lowest BCUT2D eigenvalue weighted by Crippen LogP contribution is -2.08. The van der Waals surface area contributed by atoms with E-state index in [1.54, 1.807) is 11.3 Å². The van der Waals surface area contributed by atoms with E-state index in [1.807, 2.05) is 11.8 Å². The third-order valence-electron chi connectivity index (χ3n) is 2.44. The van der Waals surface area contributed by atoms with Gasteiger partial charge in [-0.25, -0.2) is 0 Å². The van der Waals surface area contributed by atoms with Crippen molar-refractivity contribution >= 4 is 23.1 Å². The fourth-order valence-electron chi connectivity index (χ4n) is 1.54. The summed E-state index contributed by atoms with van der Waals surface area (Å²) in [6, 6.07) is 12.7. The maximum absolute atomic E-state index is 5.85. The molecule has 3 heteroatoms. The van der Waals surface area contributed by atoms with Gasteiger partial charge < -0.3 is 5.73 Å². The van der Waals surface area contributed by atoms with E-state index in [0.29, 0.717) is 11.8 Å². The van der Waals surface area contributed by atoms with Crippen molar-refractivity contribution in [3.8, 4) is 0 Å². The van der Waals surface area contributed by atoms with Crippen LogP contribution in [0.25, 0.3) is 0 Å². The van der Waals surface area contributed by atoms with Crippen molar-refractivity contribution < 1.29 is 0 Å². The Morgan fingerprint density at radius 2 is 2.06 bits per heavy atom. The van der Waals surface area contributed by atoms with E-state index < -0.39 is 0 Å². The number of thioether (sulfide) groups is 1. The van der Waals surface area contributed by atoms with E-state index in [4.69, 9.17) is 5.73 Å². The molecule has 1 aromatic carbocycles. The smallest absolute Gasteiger partial charge is 0.0560 e.